The van der Waals surface area contributed by atoms with Crippen molar-refractivity contribution >= 4 is 51.2 Å². The van der Waals surface area contributed by atoms with Crippen molar-refractivity contribution in [2.75, 3.05) is 0 Å². The highest BCUT2D eigenvalue weighted by Crippen LogP contribution is 2.27. The van der Waals surface area contributed by atoms with E-state index < -0.39 is 5.97 Å². The molecular weight excluding hydrogens is 498 g/mol. The first-order chi connectivity index (χ1) is 15.4. The Hall–Kier alpha value is -3.49. The van der Waals surface area contributed by atoms with E-state index in [9.17, 15) is 14.4 Å². The molecule has 3 aromatic carbocycles. The molecule has 9 heteroatoms. The highest BCUT2D eigenvalue weighted by atomic mass is 79.9. The molecule has 4 rings (SSSR count). The van der Waals surface area contributed by atoms with Gasteiger partial charge in [0.05, 0.1) is 28.3 Å². The topological polar surface area (TPSA) is 102 Å². The van der Waals surface area contributed by atoms with Crippen molar-refractivity contribution in [1.29, 1.82) is 0 Å². The largest absolute Gasteiger partial charge is 0.380 e. The van der Waals surface area contributed by atoms with Crippen LogP contribution in [0.4, 0.5) is 0 Å². The van der Waals surface area contributed by atoms with Gasteiger partial charge in [-0.2, -0.15) is 0 Å². The second-order valence-corrected chi connectivity index (χ2v) is 8.14. The first-order valence-electron chi connectivity index (χ1n) is 9.40. The summed E-state index contributed by atoms with van der Waals surface area (Å²) in [6.45, 7) is 0.0352. The molecule has 1 aliphatic rings. The number of halogens is 2. The molecule has 3 aromatic rings. The van der Waals surface area contributed by atoms with E-state index in [0.717, 1.165) is 0 Å². The molecule has 0 unspecified atom stereocenters. The lowest BCUT2D eigenvalue weighted by Gasteiger charge is -2.16. The third kappa shape index (κ3) is 4.15. The van der Waals surface area contributed by atoms with Crippen LogP contribution >= 0.6 is 27.5 Å². The van der Waals surface area contributed by atoms with E-state index in [2.05, 4.69) is 21.1 Å². The molecule has 1 aliphatic heterocycles. The first-order valence-corrected chi connectivity index (χ1v) is 10.6. The van der Waals surface area contributed by atoms with Gasteiger partial charge in [0, 0.05) is 10.0 Å². The van der Waals surface area contributed by atoms with Gasteiger partial charge in [-0.1, -0.05) is 63.0 Å². The summed E-state index contributed by atoms with van der Waals surface area (Å²) in [5.74, 6) is -1.53. The Morgan fingerprint density at radius 3 is 2.28 bits per heavy atom. The minimum atomic E-state index is -0.748. The van der Waals surface area contributed by atoms with Crippen molar-refractivity contribution in [2.45, 2.75) is 6.54 Å². The van der Waals surface area contributed by atoms with Crippen LogP contribution in [0.3, 0.4) is 0 Å². The maximum Gasteiger partial charge on any atom is 0.367 e. The number of fused-ring (bicyclic) bond motifs is 1. The summed E-state index contributed by atoms with van der Waals surface area (Å²) >= 11 is 9.41. The molecular formula is C23H15BrClN3O4. The molecule has 7 nitrogen and oxygen atoms in total. The SMILES string of the molecule is N/C(=N\OC(=O)c1ccccc1Cl)c1ccc(Br)c(CN2C(=O)c3ccccc3C2=O)c1. The number of imide groups is 1. The Morgan fingerprint density at radius 1 is 1.00 bits per heavy atom. The fraction of sp³-hybridized carbons (Fsp3) is 0.0435. The zero-order chi connectivity index (χ0) is 22.8. The van der Waals surface area contributed by atoms with Gasteiger partial charge in [-0.25, -0.2) is 4.79 Å². The Balaban J connectivity index is 1.53. The van der Waals surface area contributed by atoms with Crippen LogP contribution in [0.25, 0.3) is 0 Å². The van der Waals surface area contributed by atoms with Gasteiger partial charge in [0.2, 0.25) is 0 Å². The number of amides is 2. The lowest BCUT2D eigenvalue weighted by molar-refractivity contribution is 0.0515. The number of hydrogen-bond donors (Lipinski definition) is 1. The van der Waals surface area contributed by atoms with Crippen LogP contribution in [0.1, 0.15) is 42.2 Å². The molecule has 0 saturated heterocycles. The lowest BCUT2D eigenvalue weighted by Crippen LogP contribution is -2.29. The lowest BCUT2D eigenvalue weighted by atomic mass is 10.1. The van der Waals surface area contributed by atoms with E-state index in [1.165, 1.54) is 11.0 Å². The van der Waals surface area contributed by atoms with Crippen molar-refractivity contribution in [3.63, 3.8) is 0 Å². The Morgan fingerprint density at radius 2 is 1.62 bits per heavy atom. The molecule has 2 amide bonds. The minimum absolute atomic E-state index is 0.0352. The number of nitrogens with two attached hydrogens (primary N) is 1. The highest BCUT2D eigenvalue weighted by Gasteiger charge is 2.35. The summed E-state index contributed by atoms with van der Waals surface area (Å²) in [5.41, 5.74) is 7.97. The summed E-state index contributed by atoms with van der Waals surface area (Å²) in [5, 5.41) is 3.93. The normalized spacial score (nSPS) is 13.3. The Kier molecular flexibility index (Phi) is 6.07. The second kappa shape index (κ2) is 8.94. The summed E-state index contributed by atoms with van der Waals surface area (Å²) in [4.78, 5) is 43.6. The number of hydrogen-bond acceptors (Lipinski definition) is 5. The van der Waals surface area contributed by atoms with E-state index >= 15 is 0 Å². The minimum Gasteiger partial charge on any atom is -0.380 e. The number of carbonyl (C=O) groups is 3. The number of nitrogens with zero attached hydrogens (tertiary/aromatic N) is 2. The number of benzene rings is 3. The van der Waals surface area contributed by atoms with E-state index in [4.69, 9.17) is 22.2 Å². The summed E-state index contributed by atoms with van der Waals surface area (Å²) < 4.78 is 0.679. The predicted octanol–water partition coefficient (Wildman–Crippen LogP) is 4.38. The average Bonchev–Trinajstić information content (AvgIpc) is 3.04. The van der Waals surface area contributed by atoms with Crippen LogP contribution in [-0.2, 0) is 11.4 Å². The van der Waals surface area contributed by atoms with Gasteiger partial charge >= 0.3 is 5.97 Å². The third-order valence-electron chi connectivity index (χ3n) is 4.87. The van der Waals surface area contributed by atoms with Gasteiger partial charge in [0.1, 0.15) is 0 Å². The van der Waals surface area contributed by atoms with Crippen molar-refractivity contribution < 1.29 is 19.2 Å². The number of amidine groups is 1. The van der Waals surface area contributed by atoms with E-state index in [1.54, 1.807) is 60.7 Å². The molecule has 0 aliphatic carbocycles. The molecule has 0 fully saturated rings. The monoisotopic (exact) mass is 511 g/mol. The van der Waals surface area contributed by atoms with Crippen LogP contribution in [0.15, 0.2) is 76.4 Å². The molecule has 2 N–H and O–H groups in total. The van der Waals surface area contributed by atoms with Gasteiger partial charge in [-0.3, -0.25) is 14.5 Å². The van der Waals surface area contributed by atoms with Gasteiger partial charge in [-0.15, -0.1) is 0 Å². The molecule has 0 bridgehead atoms. The van der Waals surface area contributed by atoms with Crippen molar-refractivity contribution in [3.05, 3.63) is 104 Å². The van der Waals surface area contributed by atoms with E-state index in [-0.39, 0.29) is 34.8 Å². The highest BCUT2D eigenvalue weighted by molar-refractivity contribution is 9.10. The summed E-state index contributed by atoms with van der Waals surface area (Å²) in [7, 11) is 0. The standard InChI is InChI=1S/C23H15BrClN3O4/c24-18-10-9-13(20(26)27-32-23(31)17-7-3-4-8-19(17)25)11-14(18)12-28-21(29)15-5-1-2-6-16(15)22(28)30/h1-11H,12H2,(H2,26,27). The van der Waals surface area contributed by atoms with Crippen LogP contribution in [-0.4, -0.2) is 28.5 Å². The Labute approximate surface area is 196 Å². The third-order valence-corrected chi connectivity index (χ3v) is 5.97. The molecule has 1 heterocycles. The second-order valence-electron chi connectivity index (χ2n) is 6.88. The van der Waals surface area contributed by atoms with Gasteiger partial charge in [0.15, 0.2) is 5.84 Å². The number of oxime groups is 1. The van der Waals surface area contributed by atoms with Crippen LogP contribution in [0, 0.1) is 0 Å². The molecule has 32 heavy (non-hydrogen) atoms. The van der Waals surface area contributed by atoms with Crippen LogP contribution in [0.2, 0.25) is 5.02 Å². The Bertz CT molecular complexity index is 1260. The molecule has 0 aromatic heterocycles. The molecule has 0 atom stereocenters. The van der Waals surface area contributed by atoms with Gasteiger partial charge < -0.3 is 10.6 Å². The van der Waals surface area contributed by atoms with Crippen molar-refractivity contribution in [3.8, 4) is 0 Å². The molecule has 0 spiro atoms. The smallest absolute Gasteiger partial charge is 0.367 e. The van der Waals surface area contributed by atoms with Crippen molar-refractivity contribution in [1.82, 2.24) is 4.90 Å². The fourth-order valence-electron chi connectivity index (χ4n) is 3.23. The summed E-state index contributed by atoms with van der Waals surface area (Å²) in [6.07, 6.45) is 0. The zero-order valence-corrected chi connectivity index (χ0v) is 18.8. The molecule has 0 saturated carbocycles. The number of rotatable bonds is 5. The predicted molar refractivity (Wildman–Crippen MR) is 122 cm³/mol. The maximum atomic E-state index is 12.7. The van der Waals surface area contributed by atoms with Crippen LogP contribution in [0.5, 0.6) is 0 Å². The first kappa shape index (κ1) is 21.7. The van der Waals surface area contributed by atoms with Crippen LogP contribution < -0.4 is 5.73 Å². The van der Waals surface area contributed by atoms with Crippen molar-refractivity contribution in [2.24, 2.45) is 10.9 Å². The fourth-order valence-corrected chi connectivity index (χ4v) is 3.81. The van der Waals surface area contributed by atoms with E-state index in [0.29, 0.717) is 26.7 Å². The summed E-state index contributed by atoms with van der Waals surface area (Å²) in [6, 6.07) is 18.1. The zero-order valence-electron chi connectivity index (χ0n) is 16.4. The van der Waals surface area contributed by atoms with E-state index in [1.807, 2.05) is 0 Å². The van der Waals surface area contributed by atoms with Gasteiger partial charge in [-0.05, 0) is 42.0 Å². The molecule has 0 radical (unpaired) electrons. The average molecular weight is 513 g/mol. The number of carbonyl (C=O) groups excluding carboxylic acids is 3. The quantitative estimate of drug-likeness (QED) is 0.180. The molecule has 160 valence electrons. The maximum absolute atomic E-state index is 12.7. The van der Waals surface area contributed by atoms with Gasteiger partial charge in [0.25, 0.3) is 11.8 Å².